The van der Waals surface area contributed by atoms with Crippen molar-refractivity contribution < 1.29 is 14.5 Å². The molecule has 0 aliphatic carbocycles. The van der Waals surface area contributed by atoms with Crippen molar-refractivity contribution in [3.8, 4) is 5.75 Å². The van der Waals surface area contributed by atoms with Gasteiger partial charge < -0.3 is 15.0 Å². The average Bonchev–Trinajstić information content (AvgIpc) is 3.22. The lowest BCUT2D eigenvalue weighted by atomic mass is 10.1. The van der Waals surface area contributed by atoms with Crippen LogP contribution in [0.25, 0.3) is 0 Å². The van der Waals surface area contributed by atoms with Gasteiger partial charge in [-0.25, -0.2) is 0 Å². The number of rotatable bonds is 6. The molecule has 1 aliphatic rings. The predicted molar refractivity (Wildman–Crippen MR) is 121 cm³/mol. The Balaban J connectivity index is 1.74. The van der Waals surface area contributed by atoms with Crippen LogP contribution in [0.1, 0.15) is 30.1 Å². The Bertz CT molecular complexity index is 979. The molecule has 30 heavy (non-hydrogen) atoms. The van der Waals surface area contributed by atoms with Crippen molar-refractivity contribution >= 4 is 51.9 Å². The quantitative estimate of drug-likeness (QED) is 0.384. The number of nitro benzene ring substituents is 1. The first-order valence-electron chi connectivity index (χ1n) is 9.47. The van der Waals surface area contributed by atoms with Gasteiger partial charge in [-0.1, -0.05) is 17.7 Å². The molecule has 1 heterocycles. The number of nitro groups is 1. The summed E-state index contributed by atoms with van der Waals surface area (Å²) >= 11 is 11.7. The molecule has 0 saturated carbocycles. The summed E-state index contributed by atoms with van der Waals surface area (Å²) in [5, 5.41) is 17.5. The first kappa shape index (κ1) is 21.8. The van der Waals surface area contributed by atoms with E-state index in [0.29, 0.717) is 10.7 Å². The average molecular weight is 449 g/mol. The Hall–Kier alpha value is -2.91. The third kappa shape index (κ3) is 4.98. The third-order valence-corrected chi connectivity index (χ3v) is 5.11. The highest BCUT2D eigenvalue weighted by Gasteiger charge is 2.21. The van der Waals surface area contributed by atoms with Crippen molar-refractivity contribution in [3.63, 3.8) is 0 Å². The molecule has 2 aromatic carbocycles. The molecule has 1 fully saturated rings. The topological polar surface area (TPSA) is 96.7 Å². The van der Waals surface area contributed by atoms with Gasteiger partial charge in [0.2, 0.25) is 0 Å². The molecule has 3 rings (SSSR count). The Morgan fingerprint density at radius 3 is 2.70 bits per heavy atom. The lowest BCUT2D eigenvalue weighted by molar-refractivity contribution is -0.385. The molecule has 2 aromatic rings. The smallest absolute Gasteiger partial charge is 0.311 e. The van der Waals surface area contributed by atoms with Crippen LogP contribution in [0.4, 0.5) is 17.1 Å². The number of thiocarbonyl (C=S) groups is 1. The maximum absolute atomic E-state index is 12.6. The lowest BCUT2D eigenvalue weighted by Crippen LogP contribution is -2.34. The van der Waals surface area contributed by atoms with Crippen LogP contribution in [0.5, 0.6) is 5.75 Å². The van der Waals surface area contributed by atoms with Gasteiger partial charge in [0, 0.05) is 24.7 Å². The molecule has 8 nitrogen and oxygen atoms in total. The number of nitrogens with one attached hydrogen (secondary N) is 2. The molecule has 1 saturated heterocycles. The Kier molecular flexibility index (Phi) is 7.07. The number of nitrogens with zero attached hydrogens (tertiary/aromatic N) is 2. The van der Waals surface area contributed by atoms with Crippen molar-refractivity contribution in [2.24, 2.45) is 0 Å². The second-order valence-electron chi connectivity index (χ2n) is 6.61. The number of amides is 1. The molecule has 0 radical (unpaired) electrons. The molecule has 1 aliphatic heterocycles. The number of hydrogen-bond donors (Lipinski definition) is 2. The second kappa shape index (κ2) is 9.73. The second-order valence-corrected chi connectivity index (χ2v) is 7.43. The maximum atomic E-state index is 12.6. The molecular formula is C20H21ClN4O4S. The van der Waals surface area contributed by atoms with Crippen LogP contribution >= 0.6 is 23.8 Å². The first-order chi connectivity index (χ1) is 14.4. The van der Waals surface area contributed by atoms with E-state index in [1.807, 2.05) is 6.07 Å². The van der Waals surface area contributed by atoms with Crippen molar-refractivity contribution in [2.45, 2.75) is 19.8 Å². The molecule has 2 N–H and O–H groups in total. The van der Waals surface area contributed by atoms with Gasteiger partial charge in [-0.3, -0.25) is 20.2 Å². The van der Waals surface area contributed by atoms with E-state index in [1.165, 1.54) is 12.1 Å². The Morgan fingerprint density at radius 1 is 1.30 bits per heavy atom. The van der Waals surface area contributed by atoms with Gasteiger partial charge in [-0.2, -0.15) is 0 Å². The minimum atomic E-state index is -0.591. The summed E-state index contributed by atoms with van der Waals surface area (Å²) in [5.41, 5.74) is 1.34. The Morgan fingerprint density at radius 2 is 2.03 bits per heavy atom. The highest BCUT2D eigenvalue weighted by molar-refractivity contribution is 7.80. The molecule has 0 atom stereocenters. The van der Waals surface area contributed by atoms with E-state index in [9.17, 15) is 14.9 Å². The van der Waals surface area contributed by atoms with Crippen LogP contribution < -0.4 is 20.3 Å². The summed E-state index contributed by atoms with van der Waals surface area (Å²) in [6.07, 6.45) is 2.17. The Labute approximate surface area is 184 Å². The van der Waals surface area contributed by atoms with Crippen LogP contribution in [0.2, 0.25) is 5.02 Å². The SMILES string of the molecule is CCOc1ccc(C(=O)NC(=S)Nc2cccc(Cl)c2N2CCCC2)cc1[N+](=O)[O-]. The highest BCUT2D eigenvalue weighted by Crippen LogP contribution is 2.36. The molecule has 1 amide bonds. The van der Waals surface area contributed by atoms with Gasteiger partial charge in [0.05, 0.1) is 27.9 Å². The fourth-order valence-electron chi connectivity index (χ4n) is 3.29. The van der Waals surface area contributed by atoms with Crippen LogP contribution in [0.15, 0.2) is 36.4 Å². The largest absolute Gasteiger partial charge is 0.487 e. The predicted octanol–water partition coefficient (Wildman–Crippen LogP) is 4.37. The van der Waals surface area contributed by atoms with Crippen molar-refractivity contribution in [2.75, 3.05) is 29.9 Å². The van der Waals surface area contributed by atoms with E-state index in [0.717, 1.165) is 37.7 Å². The van der Waals surface area contributed by atoms with E-state index in [4.69, 9.17) is 28.6 Å². The number of carbonyl (C=O) groups is 1. The normalized spacial score (nSPS) is 13.1. The summed E-state index contributed by atoms with van der Waals surface area (Å²) in [6.45, 7) is 3.79. The molecular weight excluding hydrogens is 428 g/mol. The van der Waals surface area contributed by atoms with Crippen molar-refractivity contribution in [1.82, 2.24) is 5.32 Å². The first-order valence-corrected chi connectivity index (χ1v) is 10.3. The summed E-state index contributed by atoms with van der Waals surface area (Å²) in [5.74, 6) is -0.461. The van der Waals surface area contributed by atoms with Crippen LogP contribution in [0.3, 0.4) is 0 Å². The summed E-state index contributed by atoms with van der Waals surface area (Å²) in [4.78, 5) is 25.4. The fraction of sp³-hybridized carbons (Fsp3) is 0.300. The zero-order valence-electron chi connectivity index (χ0n) is 16.3. The van der Waals surface area contributed by atoms with E-state index in [2.05, 4.69) is 15.5 Å². The number of benzene rings is 2. The number of hydrogen-bond acceptors (Lipinski definition) is 6. The minimum Gasteiger partial charge on any atom is -0.487 e. The number of para-hydroxylation sites is 1. The highest BCUT2D eigenvalue weighted by atomic mass is 35.5. The van der Waals surface area contributed by atoms with Crippen molar-refractivity contribution in [1.29, 1.82) is 0 Å². The van der Waals surface area contributed by atoms with Gasteiger partial charge in [-0.15, -0.1) is 0 Å². The zero-order valence-corrected chi connectivity index (χ0v) is 17.9. The van der Waals surface area contributed by atoms with E-state index >= 15 is 0 Å². The fourth-order valence-corrected chi connectivity index (χ4v) is 3.78. The summed E-state index contributed by atoms with van der Waals surface area (Å²) in [6, 6.07) is 9.45. The number of ether oxygens (including phenoxy) is 1. The number of halogens is 1. The molecule has 10 heteroatoms. The van der Waals surface area contributed by atoms with Crippen LogP contribution in [-0.4, -0.2) is 35.6 Å². The summed E-state index contributed by atoms with van der Waals surface area (Å²) < 4.78 is 5.24. The van der Waals surface area contributed by atoms with Gasteiger partial charge in [0.15, 0.2) is 10.9 Å². The van der Waals surface area contributed by atoms with E-state index in [1.54, 1.807) is 19.1 Å². The van der Waals surface area contributed by atoms with Crippen molar-refractivity contribution in [3.05, 3.63) is 57.1 Å². The maximum Gasteiger partial charge on any atom is 0.311 e. The molecule has 0 spiro atoms. The van der Waals surface area contributed by atoms with Crippen LogP contribution in [-0.2, 0) is 0 Å². The van der Waals surface area contributed by atoms with Gasteiger partial charge in [0.1, 0.15) is 0 Å². The minimum absolute atomic E-state index is 0.0688. The monoisotopic (exact) mass is 448 g/mol. The molecule has 158 valence electrons. The van der Waals surface area contributed by atoms with Gasteiger partial charge in [-0.05, 0) is 56.2 Å². The van der Waals surface area contributed by atoms with Crippen LogP contribution in [0, 0.1) is 10.1 Å². The third-order valence-electron chi connectivity index (χ3n) is 4.60. The molecule has 0 aromatic heterocycles. The number of anilines is 2. The summed E-state index contributed by atoms with van der Waals surface area (Å²) in [7, 11) is 0. The lowest BCUT2D eigenvalue weighted by Gasteiger charge is -2.23. The standard InChI is InChI=1S/C20H21ClN4O4S/c1-2-29-17-9-8-13(12-16(17)25(27)28)19(26)23-20(30)22-15-7-5-6-14(21)18(15)24-10-3-4-11-24/h5-9,12H,2-4,10-11H2,1H3,(H2,22,23,26,30). The molecule has 0 bridgehead atoms. The molecule has 0 unspecified atom stereocenters. The van der Waals surface area contributed by atoms with Gasteiger partial charge in [0.25, 0.3) is 5.91 Å². The van der Waals surface area contributed by atoms with E-state index < -0.39 is 10.8 Å². The van der Waals surface area contributed by atoms with Gasteiger partial charge >= 0.3 is 5.69 Å². The number of carbonyl (C=O) groups excluding carboxylic acids is 1. The zero-order chi connectivity index (χ0) is 21.7. The van der Waals surface area contributed by atoms with E-state index in [-0.39, 0.29) is 28.7 Å².